The monoisotopic (exact) mass is 340 g/mol. The molecule has 1 amide bonds. The molecule has 0 aliphatic heterocycles. The summed E-state index contributed by atoms with van der Waals surface area (Å²) in [6.07, 6.45) is -1.04. The third kappa shape index (κ3) is 4.33. The first-order valence-electron chi connectivity index (χ1n) is 7.40. The minimum atomic E-state index is -1.04. The number of hydrogen-bond donors (Lipinski definition) is 2. The summed E-state index contributed by atoms with van der Waals surface area (Å²) in [7, 11) is 0. The van der Waals surface area contributed by atoms with Crippen molar-refractivity contribution in [3.05, 3.63) is 71.1 Å². The molecule has 24 heavy (non-hydrogen) atoms. The molecule has 0 fully saturated rings. The first-order chi connectivity index (χ1) is 11.7. The van der Waals surface area contributed by atoms with Gasteiger partial charge in [0.15, 0.2) is 0 Å². The van der Waals surface area contributed by atoms with Crippen LogP contribution in [0.5, 0.6) is 5.75 Å². The Morgan fingerprint density at radius 2 is 1.88 bits per heavy atom. The van der Waals surface area contributed by atoms with Crippen LogP contribution in [0, 0.1) is 0 Å². The van der Waals surface area contributed by atoms with Gasteiger partial charge in [0.05, 0.1) is 12.2 Å². The zero-order chi connectivity index (χ0) is 16.8. The van der Waals surface area contributed by atoms with E-state index >= 15 is 0 Å². The molecule has 0 aliphatic rings. The third-order valence-electron chi connectivity index (χ3n) is 3.37. The fourth-order valence-electron chi connectivity index (χ4n) is 2.16. The number of carboxylic acid groups (broad SMARTS) is 1. The molecule has 0 spiro atoms. The lowest BCUT2D eigenvalue weighted by Crippen LogP contribution is -2.19. The molecule has 0 radical (unpaired) electrons. The molecule has 3 aromatic rings. The Kier molecular flexibility index (Phi) is 5.08. The fraction of sp³-hybridized carbons (Fsp3) is 0.111. The van der Waals surface area contributed by atoms with Gasteiger partial charge in [-0.2, -0.15) is 4.37 Å². The Balaban J connectivity index is 1.61. The molecule has 1 heterocycles. The topological polar surface area (TPSA) is 71.5 Å². The molecule has 0 unspecified atom stereocenters. The highest BCUT2D eigenvalue weighted by Gasteiger charge is 2.06. The Labute approximate surface area is 143 Å². The molecule has 0 bridgehead atoms. The van der Waals surface area contributed by atoms with Crippen molar-refractivity contribution in [2.24, 2.45) is 0 Å². The highest BCUT2D eigenvalue weighted by atomic mass is 32.1. The van der Waals surface area contributed by atoms with Gasteiger partial charge in [-0.05, 0) is 47.4 Å². The van der Waals surface area contributed by atoms with Crippen LogP contribution < -0.4 is 10.1 Å². The van der Waals surface area contributed by atoms with Crippen molar-refractivity contribution in [1.82, 2.24) is 9.69 Å². The van der Waals surface area contributed by atoms with Gasteiger partial charge in [0.2, 0.25) is 0 Å². The predicted octanol–water partition coefficient (Wildman–Crippen LogP) is 4.16. The quantitative estimate of drug-likeness (QED) is 0.707. The number of aromatic nitrogens is 1. The second-order valence-corrected chi connectivity index (χ2v) is 6.03. The van der Waals surface area contributed by atoms with E-state index in [0.717, 1.165) is 27.4 Å². The number of carbonyl (C=O) groups is 1. The fourth-order valence-corrected chi connectivity index (χ4v) is 2.83. The Morgan fingerprint density at radius 1 is 1.12 bits per heavy atom. The molecular weight excluding hydrogens is 324 g/mol. The minimum Gasteiger partial charge on any atom is -0.489 e. The molecule has 6 heteroatoms. The minimum absolute atomic E-state index is 0.269. The molecular formula is C18H16N2O3S. The van der Waals surface area contributed by atoms with E-state index in [-0.39, 0.29) is 6.54 Å². The number of ether oxygens (including phenoxy) is 1. The maximum Gasteiger partial charge on any atom is 0.404 e. The van der Waals surface area contributed by atoms with Crippen molar-refractivity contribution in [1.29, 1.82) is 0 Å². The van der Waals surface area contributed by atoms with E-state index in [1.807, 2.05) is 60.7 Å². The van der Waals surface area contributed by atoms with Gasteiger partial charge in [-0.1, -0.05) is 30.3 Å². The average Bonchev–Trinajstić information content (AvgIpc) is 3.08. The van der Waals surface area contributed by atoms with Gasteiger partial charge >= 0.3 is 6.09 Å². The SMILES string of the molecule is O=C(O)NCc1cc(-c2ccc(OCc3ccccc3)cc2)ns1. The van der Waals surface area contributed by atoms with Crippen molar-refractivity contribution >= 4 is 17.6 Å². The van der Waals surface area contributed by atoms with E-state index < -0.39 is 6.09 Å². The van der Waals surface area contributed by atoms with Gasteiger partial charge in [-0.25, -0.2) is 4.79 Å². The summed E-state index contributed by atoms with van der Waals surface area (Å²) in [5, 5.41) is 11.0. The Hall–Kier alpha value is -2.86. The van der Waals surface area contributed by atoms with Gasteiger partial charge in [-0.3, -0.25) is 0 Å². The highest BCUT2D eigenvalue weighted by Crippen LogP contribution is 2.24. The molecule has 1 aromatic heterocycles. The molecule has 122 valence electrons. The molecule has 0 atom stereocenters. The first-order valence-corrected chi connectivity index (χ1v) is 8.17. The van der Waals surface area contributed by atoms with Gasteiger partial charge in [0.1, 0.15) is 12.4 Å². The van der Waals surface area contributed by atoms with Crippen LogP contribution >= 0.6 is 11.5 Å². The summed E-state index contributed by atoms with van der Waals surface area (Å²) in [6.45, 7) is 0.799. The van der Waals surface area contributed by atoms with Crippen LogP contribution in [0.2, 0.25) is 0 Å². The van der Waals surface area contributed by atoms with Gasteiger partial charge in [0, 0.05) is 10.4 Å². The van der Waals surface area contributed by atoms with Crippen LogP contribution in [0.1, 0.15) is 10.4 Å². The first kappa shape index (κ1) is 16.0. The smallest absolute Gasteiger partial charge is 0.404 e. The molecule has 5 nitrogen and oxygen atoms in total. The summed E-state index contributed by atoms with van der Waals surface area (Å²) >= 11 is 1.29. The maximum atomic E-state index is 10.5. The van der Waals surface area contributed by atoms with Crippen LogP contribution in [-0.4, -0.2) is 15.6 Å². The van der Waals surface area contributed by atoms with E-state index in [1.165, 1.54) is 11.5 Å². The Morgan fingerprint density at radius 3 is 2.58 bits per heavy atom. The summed E-state index contributed by atoms with van der Waals surface area (Å²) in [6, 6.07) is 19.6. The zero-order valence-corrected chi connectivity index (χ0v) is 13.6. The number of rotatable bonds is 6. The van der Waals surface area contributed by atoms with Gasteiger partial charge in [0.25, 0.3) is 0 Å². The van der Waals surface area contributed by atoms with E-state index in [0.29, 0.717) is 6.61 Å². The molecule has 0 aliphatic carbocycles. The van der Waals surface area contributed by atoms with E-state index in [4.69, 9.17) is 9.84 Å². The van der Waals surface area contributed by atoms with Crippen LogP contribution in [0.3, 0.4) is 0 Å². The van der Waals surface area contributed by atoms with Crippen molar-refractivity contribution in [3.63, 3.8) is 0 Å². The number of amides is 1. The van der Waals surface area contributed by atoms with E-state index in [2.05, 4.69) is 9.69 Å². The van der Waals surface area contributed by atoms with Gasteiger partial charge < -0.3 is 15.2 Å². The summed E-state index contributed by atoms with van der Waals surface area (Å²) in [5.41, 5.74) is 2.92. The lowest BCUT2D eigenvalue weighted by Gasteiger charge is -2.06. The molecule has 2 N–H and O–H groups in total. The van der Waals surface area contributed by atoms with Gasteiger partial charge in [-0.15, -0.1) is 0 Å². The summed E-state index contributed by atoms with van der Waals surface area (Å²) in [5.74, 6) is 0.797. The number of nitrogens with zero attached hydrogens (tertiary/aromatic N) is 1. The molecule has 0 saturated heterocycles. The Bertz CT molecular complexity index is 801. The zero-order valence-electron chi connectivity index (χ0n) is 12.8. The third-order valence-corrected chi connectivity index (χ3v) is 4.16. The number of nitrogens with one attached hydrogen (secondary N) is 1. The van der Waals surface area contributed by atoms with E-state index in [1.54, 1.807) is 0 Å². The molecule has 3 rings (SSSR count). The average molecular weight is 340 g/mol. The predicted molar refractivity (Wildman–Crippen MR) is 93.2 cm³/mol. The van der Waals surface area contributed by atoms with E-state index in [9.17, 15) is 4.79 Å². The number of hydrogen-bond acceptors (Lipinski definition) is 4. The maximum absolute atomic E-state index is 10.5. The van der Waals surface area contributed by atoms with Crippen LogP contribution in [-0.2, 0) is 13.2 Å². The lowest BCUT2D eigenvalue weighted by molar-refractivity contribution is 0.194. The van der Waals surface area contributed by atoms with Crippen LogP contribution in [0.25, 0.3) is 11.3 Å². The lowest BCUT2D eigenvalue weighted by atomic mass is 10.1. The van der Waals surface area contributed by atoms with Crippen LogP contribution in [0.4, 0.5) is 4.79 Å². The van der Waals surface area contributed by atoms with Crippen molar-refractivity contribution in [3.8, 4) is 17.0 Å². The van der Waals surface area contributed by atoms with Crippen LogP contribution in [0.15, 0.2) is 60.7 Å². The highest BCUT2D eigenvalue weighted by molar-refractivity contribution is 7.06. The second-order valence-electron chi connectivity index (χ2n) is 5.14. The van der Waals surface area contributed by atoms with Crippen molar-refractivity contribution in [2.45, 2.75) is 13.2 Å². The van der Waals surface area contributed by atoms with Crippen molar-refractivity contribution < 1.29 is 14.6 Å². The molecule has 2 aromatic carbocycles. The molecule has 0 saturated carbocycles. The summed E-state index contributed by atoms with van der Waals surface area (Å²) in [4.78, 5) is 11.4. The van der Waals surface area contributed by atoms with Crippen molar-refractivity contribution in [2.75, 3.05) is 0 Å². The second kappa shape index (κ2) is 7.61. The summed E-state index contributed by atoms with van der Waals surface area (Å²) < 4.78 is 10.1. The normalized spacial score (nSPS) is 10.3. The standard InChI is InChI=1S/C18H16N2O3S/c21-18(22)19-11-16-10-17(20-24-16)14-6-8-15(9-7-14)23-12-13-4-2-1-3-5-13/h1-10,19H,11-12H2,(H,21,22). The number of benzene rings is 2. The largest absolute Gasteiger partial charge is 0.489 e.